The number of hydrogen-bond donors (Lipinski definition) is 1. The zero-order chi connectivity index (χ0) is 13.8. The average Bonchev–Trinajstić information content (AvgIpc) is 2.28. The van der Waals surface area contributed by atoms with Crippen molar-refractivity contribution in [3.05, 3.63) is 29.8 Å². The van der Waals surface area contributed by atoms with E-state index in [2.05, 4.69) is 5.32 Å². The van der Waals surface area contributed by atoms with Crippen LogP contribution in [0.2, 0.25) is 0 Å². The molecule has 0 bridgehead atoms. The average molecular weight is 290 g/mol. The van der Waals surface area contributed by atoms with Crippen molar-refractivity contribution < 1.29 is 13.2 Å². The Hall–Kier alpha value is -1.07. The lowest BCUT2D eigenvalue weighted by molar-refractivity contribution is 0.0938. The molecule has 100 valence electrons. The second-order valence-corrected chi connectivity index (χ2v) is 6.69. The lowest BCUT2D eigenvalue weighted by Gasteiger charge is -2.12. The van der Waals surface area contributed by atoms with Gasteiger partial charge in [0.2, 0.25) is 0 Å². The summed E-state index contributed by atoms with van der Waals surface area (Å²) in [6, 6.07) is 5.73. The van der Waals surface area contributed by atoms with Gasteiger partial charge >= 0.3 is 0 Å². The van der Waals surface area contributed by atoms with Crippen LogP contribution < -0.4 is 5.32 Å². The molecule has 0 aliphatic carbocycles. The maximum Gasteiger partial charge on any atom is 0.261 e. The van der Waals surface area contributed by atoms with Gasteiger partial charge in [-0.25, -0.2) is 8.42 Å². The highest BCUT2D eigenvalue weighted by molar-refractivity contribution is 8.13. The second kappa shape index (κ2) is 6.20. The number of carbonyl (C=O) groups excluding carboxylic acids is 1. The molecule has 18 heavy (non-hydrogen) atoms. The summed E-state index contributed by atoms with van der Waals surface area (Å²) in [6.07, 6.45) is 1.84. The van der Waals surface area contributed by atoms with Crippen molar-refractivity contribution in [3.63, 3.8) is 0 Å². The predicted octanol–water partition coefficient (Wildman–Crippen LogP) is 2.53. The van der Waals surface area contributed by atoms with Crippen LogP contribution in [-0.2, 0) is 9.05 Å². The quantitative estimate of drug-likeness (QED) is 0.847. The molecule has 0 aliphatic heterocycles. The smallest absolute Gasteiger partial charge is 0.261 e. The van der Waals surface area contributed by atoms with E-state index in [0.29, 0.717) is 5.56 Å². The first kappa shape index (κ1) is 15.0. The summed E-state index contributed by atoms with van der Waals surface area (Å²) in [4.78, 5) is 11.8. The van der Waals surface area contributed by atoms with E-state index in [0.717, 1.165) is 12.8 Å². The van der Waals surface area contributed by atoms with E-state index < -0.39 is 9.05 Å². The van der Waals surface area contributed by atoms with Gasteiger partial charge in [0.05, 0.1) is 4.90 Å². The van der Waals surface area contributed by atoms with Gasteiger partial charge in [-0.1, -0.05) is 19.4 Å². The van der Waals surface area contributed by atoms with E-state index in [4.69, 9.17) is 10.7 Å². The molecule has 1 rings (SSSR count). The summed E-state index contributed by atoms with van der Waals surface area (Å²) in [6.45, 7) is 3.94. The minimum atomic E-state index is -3.81. The summed E-state index contributed by atoms with van der Waals surface area (Å²) in [5.74, 6) is -0.293. The zero-order valence-corrected chi connectivity index (χ0v) is 11.9. The second-order valence-electron chi connectivity index (χ2n) is 4.13. The summed E-state index contributed by atoms with van der Waals surface area (Å²) in [5, 5.41) is 2.80. The molecule has 1 unspecified atom stereocenters. The summed E-state index contributed by atoms with van der Waals surface area (Å²) in [5.41, 5.74) is 0.291. The largest absolute Gasteiger partial charge is 0.350 e. The molecule has 0 aliphatic rings. The van der Waals surface area contributed by atoms with Gasteiger partial charge in [0.1, 0.15) is 0 Å². The number of nitrogens with one attached hydrogen (secondary N) is 1. The van der Waals surface area contributed by atoms with Crippen LogP contribution >= 0.6 is 10.7 Å². The fourth-order valence-electron chi connectivity index (χ4n) is 1.60. The molecule has 6 heteroatoms. The minimum Gasteiger partial charge on any atom is -0.350 e. The van der Waals surface area contributed by atoms with E-state index >= 15 is 0 Å². The molecule has 0 radical (unpaired) electrons. The Bertz CT molecular complexity index is 528. The van der Waals surface area contributed by atoms with Gasteiger partial charge in [-0.15, -0.1) is 0 Å². The molecule has 1 aromatic rings. The van der Waals surface area contributed by atoms with Gasteiger partial charge in [0.25, 0.3) is 15.0 Å². The molecule has 4 nitrogen and oxygen atoms in total. The molecule has 0 saturated heterocycles. The van der Waals surface area contributed by atoms with Crippen molar-refractivity contribution in [1.29, 1.82) is 0 Å². The van der Waals surface area contributed by atoms with Gasteiger partial charge in [-0.2, -0.15) is 0 Å². The fourth-order valence-corrected chi connectivity index (χ4v) is 2.40. The van der Waals surface area contributed by atoms with Gasteiger partial charge in [-0.3, -0.25) is 4.79 Å². The molecule has 0 fully saturated rings. The van der Waals surface area contributed by atoms with Crippen molar-refractivity contribution >= 4 is 25.6 Å². The topological polar surface area (TPSA) is 63.2 Å². The number of carbonyl (C=O) groups is 1. The van der Waals surface area contributed by atoms with Crippen molar-refractivity contribution in [2.24, 2.45) is 0 Å². The Kier molecular flexibility index (Phi) is 5.16. The fraction of sp³-hybridized carbons (Fsp3) is 0.417. The molecule has 1 aromatic carbocycles. The van der Waals surface area contributed by atoms with Crippen LogP contribution in [0.4, 0.5) is 0 Å². The lowest BCUT2D eigenvalue weighted by Crippen LogP contribution is -2.32. The van der Waals surface area contributed by atoms with E-state index in [9.17, 15) is 13.2 Å². The van der Waals surface area contributed by atoms with Crippen LogP contribution in [0, 0.1) is 0 Å². The maximum absolute atomic E-state index is 11.9. The van der Waals surface area contributed by atoms with Crippen LogP contribution in [0.25, 0.3) is 0 Å². The number of halogens is 1. The van der Waals surface area contributed by atoms with E-state index in [-0.39, 0.29) is 16.8 Å². The monoisotopic (exact) mass is 289 g/mol. The van der Waals surface area contributed by atoms with E-state index in [1.165, 1.54) is 18.2 Å². The zero-order valence-electron chi connectivity index (χ0n) is 10.3. The van der Waals surface area contributed by atoms with Crippen LogP contribution in [0.15, 0.2) is 29.2 Å². The van der Waals surface area contributed by atoms with Crippen LogP contribution in [0.5, 0.6) is 0 Å². The van der Waals surface area contributed by atoms with Crippen LogP contribution in [-0.4, -0.2) is 20.4 Å². The van der Waals surface area contributed by atoms with Gasteiger partial charge < -0.3 is 5.32 Å². The van der Waals surface area contributed by atoms with Gasteiger partial charge in [0, 0.05) is 22.3 Å². The summed E-state index contributed by atoms with van der Waals surface area (Å²) < 4.78 is 22.3. The third-order valence-electron chi connectivity index (χ3n) is 2.48. The molecule has 1 atom stereocenters. The first-order valence-electron chi connectivity index (χ1n) is 5.70. The standard InChI is InChI=1S/C12H16ClNO3S/c1-3-5-9(2)14-12(15)10-6-4-7-11(8-10)18(13,16)17/h4,6-9H,3,5H2,1-2H3,(H,14,15). The molecule has 0 spiro atoms. The maximum atomic E-state index is 11.9. The first-order chi connectivity index (χ1) is 8.34. The van der Waals surface area contributed by atoms with Crippen molar-refractivity contribution in [2.75, 3.05) is 0 Å². The third kappa shape index (κ3) is 4.31. The van der Waals surface area contributed by atoms with E-state index in [1.807, 2.05) is 13.8 Å². The SMILES string of the molecule is CCCC(C)NC(=O)c1cccc(S(=O)(=O)Cl)c1. The molecule has 0 saturated carbocycles. The third-order valence-corrected chi connectivity index (χ3v) is 3.83. The Balaban J connectivity index is 2.87. The van der Waals surface area contributed by atoms with E-state index in [1.54, 1.807) is 6.07 Å². The molecule has 0 aromatic heterocycles. The number of benzene rings is 1. The summed E-state index contributed by atoms with van der Waals surface area (Å²) >= 11 is 0. The molecular weight excluding hydrogens is 274 g/mol. The lowest BCUT2D eigenvalue weighted by atomic mass is 10.1. The highest BCUT2D eigenvalue weighted by Gasteiger charge is 2.14. The van der Waals surface area contributed by atoms with Crippen LogP contribution in [0.3, 0.4) is 0 Å². The Morgan fingerprint density at radius 2 is 2.11 bits per heavy atom. The Morgan fingerprint density at radius 3 is 2.67 bits per heavy atom. The Labute approximate surface area is 112 Å². The highest BCUT2D eigenvalue weighted by atomic mass is 35.7. The molecule has 0 heterocycles. The molecular formula is C12H16ClNO3S. The number of amides is 1. The normalized spacial score (nSPS) is 13.1. The Morgan fingerprint density at radius 1 is 1.44 bits per heavy atom. The first-order valence-corrected chi connectivity index (χ1v) is 8.01. The van der Waals surface area contributed by atoms with Crippen molar-refractivity contribution in [1.82, 2.24) is 5.32 Å². The van der Waals surface area contributed by atoms with Gasteiger partial charge in [0.15, 0.2) is 0 Å². The van der Waals surface area contributed by atoms with Crippen molar-refractivity contribution in [3.8, 4) is 0 Å². The molecule has 1 amide bonds. The van der Waals surface area contributed by atoms with Crippen molar-refractivity contribution in [2.45, 2.75) is 37.6 Å². The predicted molar refractivity (Wildman–Crippen MR) is 71.3 cm³/mol. The minimum absolute atomic E-state index is 0.0544. The summed E-state index contributed by atoms with van der Waals surface area (Å²) in [7, 11) is 1.43. The highest BCUT2D eigenvalue weighted by Crippen LogP contribution is 2.16. The molecule has 1 N–H and O–H groups in total. The number of rotatable bonds is 5. The van der Waals surface area contributed by atoms with Gasteiger partial charge in [-0.05, 0) is 31.5 Å². The number of hydrogen-bond acceptors (Lipinski definition) is 3. The van der Waals surface area contributed by atoms with Crippen LogP contribution in [0.1, 0.15) is 37.0 Å².